The van der Waals surface area contributed by atoms with Crippen molar-refractivity contribution < 1.29 is 41.0 Å². The Balaban J connectivity index is 1.52. The lowest BCUT2D eigenvalue weighted by atomic mass is 9.99. The minimum atomic E-state index is -4.97. The monoisotopic (exact) mass is 547 g/mol. The number of nitrogens with one attached hydrogen (secondary N) is 1. The highest BCUT2D eigenvalue weighted by atomic mass is 19.4. The maximum Gasteiger partial charge on any atom is 0.434 e. The van der Waals surface area contributed by atoms with E-state index in [0.29, 0.717) is 21.4 Å². The van der Waals surface area contributed by atoms with Crippen molar-refractivity contribution in [2.75, 3.05) is 0 Å². The maximum atomic E-state index is 13.9. The van der Waals surface area contributed by atoms with Gasteiger partial charge in [0, 0.05) is 6.42 Å². The zero-order valence-corrected chi connectivity index (χ0v) is 19.8. The molecule has 12 heteroatoms. The second-order valence-corrected chi connectivity index (χ2v) is 8.49. The molecule has 39 heavy (non-hydrogen) atoms. The molecular weight excluding hydrogens is 528 g/mol. The number of alkyl halides is 6. The van der Waals surface area contributed by atoms with Gasteiger partial charge in [0.05, 0.1) is 23.0 Å². The molecule has 1 amide bonds. The van der Waals surface area contributed by atoms with Crippen molar-refractivity contribution >= 4 is 11.9 Å². The van der Waals surface area contributed by atoms with Crippen LogP contribution in [-0.4, -0.2) is 32.8 Å². The van der Waals surface area contributed by atoms with Crippen LogP contribution in [0.2, 0.25) is 0 Å². The number of aromatic nitrogens is 2. The van der Waals surface area contributed by atoms with E-state index < -0.39 is 47.1 Å². The molecule has 6 nitrogen and oxygen atoms in total. The smallest absolute Gasteiger partial charge is 0.434 e. The van der Waals surface area contributed by atoms with E-state index in [-0.39, 0.29) is 12.1 Å². The first kappa shape index (κ1) is 27.4. The molecule has 2 N–H and O–H groups in total. The van der Waals surface area contributed by atoms with Gasteiger partial charge in [0.2, 0.25) is 0 Å². The van der Waals surface area contributed by atoms with Gasteiger partial charge in [0.25, 0.3) is 5.91 Å². The molecule has 3 aromatic carbocycles. The Kier molecular flexibility index (Phi) is 7.48. The molecule has 1 atom stereocenters. The summed E-state index contributed by atoms with van der Waals surface area (Å²) in [7, 11) is 0. The number of carboxylic acids is 1. The van der Waals surface area contributed by atoms with Crippen LogP contribution in [0.15, 0.2) is 85.1 Å². The predicted octanol–water partition coefficient (Wildman–Crippen LogP) is 6.00. The number of amides is 1. The van der Waals surface area contributed by atoms with E-state index in [1.54, 1.807) is 18.2 Å². The van der Waals surface area contributed by atoms with Crippen LogP contribution in [0.4, 0.5) is 26.3 Å². The highest BCUT2D eigenvalue weighted by molar-refractivity contribution is 5.97. The number of hydrogen-bond acceptors (Lipinski definition) is 3. The molecule has 0 saturated carbocycles. The number of carboxylic acid groups (broad SMARTS) is 1. The van der Waals surface area contributed by atoms with Crippen molar-refractivity contribution in [1.82, 2.24) is 15.1 Å². The van der Waals surface area contributed by atoms with Crippen molar-refractivity contribution in [3.63, 3.8) is 0 Å². The number of carbonyl (C=O) groups is 2. The fourth-order valence-corrected chi connectivity index (χ4v) is 3.91. The van der Waals surface area contributed by atoms with E-state index in [1.807, 2.05) is 0 Å². The molecule has 4 rings (SSSR count). The lowest BCUT2D eigenvalue weighted by Gasteiger charge is -2.16. The molecule has 0 aliphatic carbocycles. The van der Waals surface area contributed by atoms with E-state index >= 15 is 0 Å². The van der Waals surface area contributed by atoms with Crippen molar-refractivity contribution in [2.45, 2.75) is 24.8 Å². The summed E-state index contributed by atoms with van der Waals surface area (Å²) < 4.78 is 80.5. The summed E-state index contributed by atoms with van der Waals surface area (Å²) in [5.41, 5.74) is -1.45. The molecule has 0 fully saturated rings. The van der Waals surface area contributed by atoms with Crippen LogP contribution in [-0.2, 0) is 23.6 Å². The standard InChI is InChI=1S/C27H19F6N3O3/c28-26(29,30)19-12-10-18(11-13-19)17-8-6-16(7-9-17)14-22(25(38)39)35-24(37)21-15-34-36(23(21)27(31,32)33)20-4-2-1-3-5-20/h1-13,15,22H,14H2,(H,35,37)(H,38,39)/t22-/m0/s1. The minimum absolute atomic E-state index is 0.0618. The van der Waals surface area contributed by atoms with Gasteiger partial charge >= 0.3 is 18.3 Å². The first-order valence-corrected chi connectivity index (χ1v) is 11.4. The van der Waals surface area contributed by atoms with E-state index in [0.717, 1.165) is 18.3 Å². The number of aliphatic carboxylic acids is 1. The molecule has 0 radical (unpaired) electrons. The molecule has 0 unspecified atom stereocenters. The van der Waals surface area contributed by atoms with Crippen LogP contribution in [0.25, 0.3) is 16.8 Å². The second kappa shape index (κ2) is 10.6. The first-order chi connectivity index (χ1) is 18.3. The van der Waals surface area contributed by atoms with Gasteiger partial charge < -0.3 is 10.4 Å². The molecule has 0 saturated heterocycles. The normalized spacial score (nSPS) is 12.7. The van der Waals surface area contributed by atoms with Crippen molar-refractivity contribution in [3.05, 3.63) is 107 Å². The van der Waals surface area contributed by atoms with Gasteiger partial charge in [-0.25, -0.2) is 9.48 Å². The summed E-state index contributed by atoms with van der Waals surface area (Å²) in [6, 6.07) is 16.4. The number of hydrogen-bond donors (Lipinski definition) is 2. The van der Waals surface area contributed by atoms with E-state index in [9.17, 15) is 41.0 Å². The van der Waals surface area contributed by atoms with Gasteiger partial charge in [0.15, 0.2) is 5.69 Å². The fraction of sp³-hybridized carbons (Fsp3) is 0.148. The number of benzene rings is 3. The Morgan fingerprint density at radius 3 is 1.90 bits per heavy atom. The summed E-state index contributed by atoms with van der Waals surface area (Å²) in [6.45, 7) is 0. The Morgan fingerprint density at radius 2 is 1.38 bits per heavy atom. The zero-order valence-electron chi connectivity index (χ0n) is 19.8. The Labute approximate surface area is 217 Å². The van der Waals surface area contributed by atoms with Crippen molar-refractivity contribution in [2.24, 2.45) is 0 Å². The van der Waals surface area contributed by atoms with Crippen molar-refractivity contribution in [3.8, 4) is 16.8 Å². The number of carbonyl (C=O) groups excluding carboxylic acids is 1. The average Bonchev–Trinajstić information content (AvgIpc) is 3.35. The SMILES string of the molecule is O=C(N[C@@H](Cc1ccc(-c2ccc(C(F)(F)F)cc2)cc1)C(=O)O)c1cnn(-c2ccccc2)c1C(F)(F)F. The summed E-state index contributed by atoms with van der Waals surface area (Å²) in [5, 5.41) is 15.4. The van der Waals surface area contributed by atoms with Crippen LogP contribution in [0.1, 0.15) is 27.2 Å². The Morgan fingerprint density at radius 1 is 0.821 bits per heavy atom. The number of nitrogens with zero attached hydrogens (tertiary/aromatic N) is 2. The third-order valence-corrected chi connectivity index (χ3v) is 5.83. The van der Waals surface area contributed by atoms with E-state index in [1.165, 1.54) is 48.5 Å². The topological polar surface area (TPSA) is 84.2 Å². The van der Waals surface area contributed by atoms with Gasteiger partial charge in [-0.05, 0) is 41.0 Å². The van der Waals surface area contributed by atoms with Crippen LogP contribution in [0.3, 0.4) is 0 Å². The highest BCUT2D eigenvalue weighted by Crippen LogP contribution is 2.34. The molecule has 1 aromatic heterocycles. The van der Waals surface area contributed by atoms with Gasteiger partial charge in [-0.15, -0.1) is 0 Å². The van der Waals surface area contributed by atoms with Gasteiger partial charge in [-0.2, -0.15) is 31.4 Å². The Hall–Kier alpha value is -4.61. The number of para-hydroxylation sites is 1. The molecule has 202 valence electrons. The third kappa shape index (κ3) is 6.28. The zero-order chi connectivity index (χ0) is 28.4. The van der Waals surface area contributed by atoms with Gasteiger partial charge in [0.1, 0.15) is 6.04 Å². The third-order valence-electron chi connectivity index (χ3n) is 5.83. The predicted molar refractivity (Wildman–Crippen MR) is 128 cm³/mol. The fourth-order valence-electron chi connectivity index (χ4n) is 3.91. The van der Waals surface area contributed by atoms with Crippen LogP contribution < -0.4 is 5.32 Å². The van der Waals surface area contributed by atoms with E-state index in [2.05, 4.69) is 10.4 Å². The molecule has 0 aliphatic rings. The molecule has 0 aliphatic heterocycles. The van der Waals surface area contributed by atoms with Gasteiger partial charge in [-0.1, -0.05) is 54.6 Å². The lowest BCUT2D eigenvalue weighted by molar-refractivity contribution is -0.143. The molecule has 4 aromatic rings. The number of halogens is 6. The summed E-state index contributed by atoms with van der Waals surface area (Å²) in [6.07, 6.45) is -8.98. The molecule has 0 bridgehead atoms. The first-order valence-electron chi connectivity index (χ1n) is 11.4. The van der Waals surface area contributed by atoms with Crippen LogP contribution >= 0.6 is 0 Å². The summed E-state index contributed by atoms with van der Waals surface area (Å²) in [4.78, 5) is 24.6. The Bertz CT molecular complexity index is 1460. The van der Waals surface area contributed by atoms with Crippen LogP contribution in [0.5, 0.6) is 0 Å². The highest BCUT2D eigenvalue weighted by Gasteiger charge is 2.41. The second-order valence-electron chi connectivity index (χ2n) is 8.49. The summed E-state index contributed by atoms with van der Waals surface area (Å²) >= 11 is 0. The molecular formula is C27H19F6N3O3. The largest absolute Gasteiger partial charge is 0.480 e. The number of rotatable bonds is 7. The van der Waals surface area contributed by atoms with E-state index in [4.69, 9.17) is 0 Å². The molecule has 0 spiro atoms. The van der Waals surface area contributed by atoms with Crippen LogP contribution in [0, 0.1) is 0 Å². The quantitative estimate of drug-likeness (QED) is 0.278. The van der Waals surface area contributed by atoms with Crippen molar-refractivity contribution in [1.29, 1.82) is 0 Å². The van der Waals surface area contributed by atoms with Gasteiger partial charge in [-0.3, -0.25) is 4.79 Å². The maximum absolute atomic E-state index is 13.9. The lowest BCUT2D eigenvalue weighted by Crippen LogP contribution is -2.42. The minimum Gasteiger partial charge on any atom is -0.480 e. The molecule has 1 heterocycles. The summed E-state index contributed by atoms with van der Waals surface area (Å²) in [5.74, 6) is -2.74. The average molecular weight is 547 g/mol.